The Balaban J connectivity index is 2.22. The van der Waals surface area contributed by atoms with E-state index in [0.717, 1.165) is 18.4 Å². The molecule has 2 rings (SSSR count). The second-order valence-electron chi connectivity index (χ2n) is 5.25. The Morgan fingerprint density at radius 1 is 1.42 bits per heavy atom. The smallest absolute Gasteiger partial charge is 0.257 e. The van der Waals surface area contributed by atoms with Crippen LogP contribution in [-0.2, 0) is 0 Å². The number of nitrogens with zero attached hydrogens (tertiary/aromatic N) is 1. The summed E-state index contributed by atoms with van der Waals surface area (Å²) in [6.45, 7) is 2.90. The van der Waals surface area contributed by atoms with E-state index in [1.54, 1.807) is 12.1 Å². The van der Waals surface area contributed by atoms with Gasteiger partial charge in [-0.2, -0.15) is 0 Å². The van der Waals surface area contributed by atoms with Gasteiger partial charge in [-0.3, -0.25) is 4.79 Å². The van der Waals surface area contributed by atoms with Crippen molar-refractivity contribution in [3.05, 3.63) is 29.3 Å². The molecule has 0 saturated heterocycles. The van der Waals surface area contributed by atoms with Crippen LogP contribution in [-0.4, -0.2) is 35.0 Å². The van der Waals surface area contributed by atoms with Crippen LogP contribution in [0.1, 0.15) is 41.6 Å². The third-order valence-corrected chi connectivity index (χ3v) is 3.78. The highest BCUT2D eigenvalue weighted by atomic mass is 16.3. The molecule has 4 nitrogen and oxygen atoms in total. The van der Waals surface area contributed by atoms with Gasteiger partial charge in [0.05, 0.1) is 5.56 Å². The summed E-state index contributed by atoms with van der Waals surface area (Å²) < 4.78 is 0. The van der Waals surface area contributed by atoms with Crippen molar-refractivity contribution in [2.75, 3.05) is 13.1 Å². The Morgan fingerprint density at radius 2 is 2.11 bits per heavy atom. The maximum absolute atomic E-state index is 12.6. The van der Waals surface area contributed by atoms with Crippen LogP contribution in [0.3, 0.4) is 0 Å². The molecule has 1 aliphatic carbocycles. The predicted octanol–water partition coefficient (Wildman–Crippen LogP) is 2.04. The van der Waals surface area contributed by atoms with E-state index in [-0.39, 0.29) is 17.7 Å². The van der Waals surface area contributed by atoms with Gasteiger partial charge >= 0.3 is 0 Å². The number of aromatic hydroxyl groups is 1. The normalized spacial score (nSPS) is 15.7. The second-order valence-corrected chi connectivity index (χ2v) is 5.25. The third-order valence-electron chi connectivity index (χ3n) is 3.78. The minimum absolute atomic E-state index is 0.0602. The second kappa shape index (κ2) is 6.06. The first-order chi connectivity index (χ1) is 9.13. The summed E-state index contributed by atoms with van der Waals surface area (Å²) in [5.41, 5.74) is 6.94. The van der Waals surface area contributed by atoms with E-state index in [2.05, 4.69) is 0 Å². The molecule has 104 valence electrons. The first-order valence-electron chi connectivity index (χ1n) is 6.94. The minimum Gasteiger partial charge on any atom is -0.507 e. The third kappa shape index (κ3) is 3.07. The van der Waals surface area contributed by atoms with Crippen molar-refractivity contribution in [1.29, 1.82) is 0 Å². The molecule has 1 aromatic carbocycles. The number of carbonyl (C=O) groups excluding carboxylic acids is 1. The number of rotatable bonds is 4. The fraction of sp³-hybridized carbons (Fsp3) is 0.533. The Kier molecular flexibility index (Phi) is 4.43. The molecule has 0 heterocycles. The molecular weight excluding hydrogens is 240 g/mol. The standard InChI is InChI=1S/C15H22N2O2/c1-11-6-7-13(14(18)10-11)15(19)17(9-8-16)12-4-2-3-5-12/h6-7,10,12,18H,2-5,8-9,16H2,1H3. The van der Waals surface area contributed by atoms with Crippen LogP contribution >= 0.6 is 0 Å². The van der Waals surface area contributed by atoms with Crippen molar-refractivity contribution >= 4 is 5.91 Å². The van der Waals surface area contributed by atoms with Gasteiger partial charge in [0.1, 0.15) is 5.75 Å². The molecule has 4 heteroatoms. The van der Waals surface area contributed by atoms with Gasteiger partial charge in [-0.25, -0.2) is 0 Å². The predicted molar refractivity (Wildman–Crippen MR) is 75.2 cm³/mol. The van der Waals surface area contributed by atoms with Crippen molar-refractivity contribution < 1.29 is 9.90 Å². The Labute approximate surface area is 114 Å². The van der Waals surface area contributed by atoms with E-state index in [9.17, 15) is 9.90 Å². The average molecular weight is 262 g/mol. The highest BCUT2D eigenvalue weighted by molar-refractivity contribution is 5.97. The average Bonchev–Trinajstić information content (AvgIpc) is 2.89. The summed E-state index contributed by atoms with van der Waals surface area (Å²) >= 11 is 0. The lowest BCUT2D eigenvalue weighted by atomic mass is 10.1. The zero-order valence-electron chi connectivity index (χ0n) is 11.4. The number of aryl methyl sites for hydroxylation is 1. The van der Waals surface area contributed by atoms with Crippen molar-refractivity contribution in [3.8, 4) is 5.75 Å². The molecule has 19 heavy (non-hydrogen) atoms. The molecule has 0 aliphatic heterocycles. The first-order valence-corrected chi connectivity index (χ1v) is 6.94. The fourth-order valence-electron chi connectivity index (χ4n) is 2.78. The zero-order valence-corrected chi connectivity index (χ0v) is 11.4. The lowest BCUT2D eigenvalue weighted by Gasteiger charge is -2.29. The van der Waals surface area contributed by atoms with Crippen LogP contribution in [0.25, 0.3) is 0 Å². The van der Waals surface area contributed by atoms with Crippen molar-refractivity contribution in [3.63, 3.8) is 0 Å². The summed E-state index contributed by atoms with van der Waals surface area (Å²) in [4.78, 5) is 14.4. The molecule has 1 saturated carbocycles. The van der Waals surface area contributed by atoms with Gasteiger partial charge in [-0.05, 0) is 37.5 Å². The lowest BCUT2D eigenvalue weighted by Crippen LogP contribution is -2.42. The number of carbonyl (C=O) groups is 1. The van der Waals surface area contributed by atoms with Crippen molar-refractivity contribution in [2.24, 2.45) is 5.73 Å². The number of phenols is 1. The van der Waals surface area contributed by atoms with E-state index in [1.165, 1.54) is 12.8 Å². The van der Waals surface area contributed by atoms with Gasteiger partial charge in [-0.1, -0.05) is 18.9 Å². The lowest BCUT2D eigenvalue weighted by molar-refractivity contribution is 0.0685. The van der Waals surface area contributed by atoms with Crippen LogP contribution < -0.4 is 5.73 Å². The fourth-order valence-corrected chi connectivity index (χ4v) is 2.78. The number of phenolic OH excluding ortho intramolecular Hbond substituents is 1. The molecule has 1 aliphatic rings. The molecular formula is C15H22N2O2. The number of amides is 1. The van der Waals surface area contributed by atoms with E-state index in [1.807, 2.05) is 17.9 Å². The maximum atomic E-state index is 12.6. The highest BCUT2D eigenvalue weighted by Crippen LogP contribution is 2.27. The van der Waals surface area contributed by atoms with E-state index >= 15 is 0 Å². The number of hydrogen-bond donors (Lipinski definition) is 2. The van der Waals surface area contributed by atoms with Gasteiger partial charge in [0.2, 0.25) is 0 Å². The molecule has 1 amide bonds. The quantitative estimate of drug-likeness (QED) is 0.872. The van der Waals surface area contributed by atoms with E-state index in [4.69, 9.17) is 5.73 Å². The SMILES string of the molecule is Cc1ccc(C(=O)N(CCN)C2CCCC2)c(O)c1. The molecule has 0 atom stereocenters. The Morgan fingerprint density at radius 3 is 2.68 bits per heavy atom. The number of hydrogen-bond acceptors (Lipinski definition) is 3. The van der Waals surface area contributed by atoms with Crippen LogP contribution in [0.5, 0.6) is 5.75 Å². The van der Waals surface area contributed by atoms with Crippen LogP contribution in [0.4, 0.5) is 0 Å². The molecule has 0 unspecified atom stereocenters. The van der Waals surface area contributed by atoms with E-state index in [0.29, 0.717) is 18.7 Å². The molecule has 1 aromatic rings. The summed E-state index contributed by atoms with van der Waals surface area (Å²) in [6.07, 6.45) is 4.41. The van der Waals surface area contributed by atoms with Crippen molar-refractivity contribution in [1.82, 2.24) is 4.90 Å². The molecule has 3 N–H and O–H groups in total. The Hall–Kier alpha value is -1.55. The Bertz CT molecular complexity index is 453. The highest BCUT2D eigenvalue weighted by Gasteiger charge is 2.28. The maximum Gasteiger partial charge on any atom is 0.257 e. The summed E-state index contributed by atoms with van der Waals surface area (Å²) in [6, 6.07) is 5.45. The first kappa shape index (κ1) is 13.9. The van der Waals surface area contributed by atoms with Crippen molar-refractivity contribution in [2.45, 2.75) is 38.6 Å². The van der Waals surface area contributed by atoms with Crippen LogP contribution in [0.2, 0.25) is 0 Å². The topological polar surface area (TPSA) is 66.6 Å². The largest absolute Gasteiger partial charge is 0.507 e. The number of nitrogens with two attached hydrogens (primary N) is 1. The minimum atomic E-state index is -0.102. The van der Waals surface area contributed by atoms with E-state index < -0.39 is 0 Å². The van der Waals surface area contributed by atoms with Gasteiger partial charge in [0.15, 0.2) is 0 Å². The molecule has 0 radical (unpaired) electrons. The van der Waals surface area contributed by atoms with Gasteiger partial charge in [-0.15, -0.1) is 0 Å². The van der Waals surface area contributed by atoms with Gasteiger partial charge in [0.25, 0.3) is 5.91 Å². The zero-order chi connectivity index (χ0) is 13.8. The summed E-state index contributed by atoms with van der Waals surface area (Å²) in [5, 5.41) is 9.94. The molecule has 1 fully saturated rings. The monoisotopic (exact) mass is 262 g/mol. The van der Waals surface area contributed by atoms with Gasteiger partial charge in [0, 0.05) is 19.1 Å². The molecule has 0 spiro atoms. The van der Waals surface area contributed by atoms with Crippen LogP contribution in [0.15, 0.2) is 18.2 Å². The van der Waals surface area contributed by atoms with Crippen LogP contribution in [0, 0.1) is 6.92 Å². The number of benzene rings is 1. The summed E-state index contributed by atoms with van der Waals surface area (Å²) in [5.74, 6) is -0.0418. The molecule has 0 aromatic heterocycles. The van der Waals surface area contributed by atoms with Gasteiger partial charge < -0.3 is 15.7 Å². The summed E-state index contributed by atoms with van der Waals surface area (Å²) in [7, 11) is 0. The molecule has 0 bridgehead atoms.